The van der Waals surface area contributed by atoms with Gasteiger partial charge in [-0.3, -0.25) is 4.98 Å². The van der Waals surface area contributed by atoms with E-state index in [0.717, 1.165) is 6.26 Å². The number of nitriles is 1. The Morgan fingerprint density at radius 3 is 2.66 bits per heavy atom. The van der Waals surface area contributed by atoms with Crippen molar-refractivity contribution in [1.82, 2.24) is 15.0 Å². The Balaban J connectivity index is 2.17. The van der Waals surface area contributed by atoms with Gasteiger partial charge in [0.1, 0.15) is 35.3 Å². The van der Waals surface area contributed by atoms with E-state index in [-0.39, 0.29) is 44.0 Å². The molecule has 32 heavy (non-hydrogen) atoms. The Kier molecular flexibility index (Phi) is 6.47. The number of anilines is 2. The number of ether oxygens (including phenoxy) is 1. The third-order valence-corrected chi connectivity index (χ3v) is 6.00. The molecule has 0 saturated heterocycles. The molecule has 166 valence electrons. The van der Waals surface area contributed by atoms with Gasteiger partial charge in [0.2, 0.25) is 0 Å². The number of nitrogens with zero attached hydrogens (tertiary/aromatic N) is 4. The van der Waals surface area contributed by atoms with Crippen molar-refractivity contribution in [2.45, 2.75) is 17.9 Å². The number of methoxy groups -OCH3 is 1. The standard InChI is InChI=1S/C20H18ClFN6O3S/c1-10(28-20-14(6-23)19(24)26-9-27-20)13-5-15(21)17(22)16(18(13)31-2)11-4-12(8-25-7-11)32(3,29)30/h4-5,7-10H,1-3H3,(H3,24,26,27,28). The minimum atomic E-state index is -3.58. The highest BCUT2D eigenvalue weighted by atomic mass is 35.5. The summed E-state index contributed by atoms with van der Waals surface area (Å²) in [4.78, 5) is 11.7. The molecule has 0 aliphatic heterocycles. The van der Waals surface area contributed by atoms with Gasteiger partial charge in [-0.1, -0.05) is 11.6 Å². The van der Waals surface area contributed by atoms with E-state index in [9.17, 15) is 13.7 Å². The van der Waals surface area contributed by atoms with E-state index < -0.39 is 21.7 Å². The van der Waals surface area contributed by atoms with Crippen LogP contribution in [0.2, 0.25) is 5.02 Å². The molecule has 3 rings (SSSR count). The first-order chi connectivity index (χ1) is 15.1. The summed E-state index contributed by atoms with van der Waals surface area (Å²) in [6.45, 7) is 1.72. The number of hydrogen-bond donors (Lipinski definition) is 2. The molecule has 1 atom stereocenters. The van der Waals surface area contributed by atoms with Gasteiger partial charge < -0.3 is 15.8 Å². The minimum absolute atomic E-state index is 0.00524. The zero-order valence-corrected chi connectivity index (χ0v) is 18.8. The van der Waals surface area contributed by atoms with E-state index >= 15 is 4.39 Å². The lowest BCUT2D eigenvalue weighted by Gasteiger charge is -2.22. The maximum absolute atomic E-state index is 15.1. The first-order valence-electron chi connectivity index (χ1n) is 9.07. The zero-order valence-electron chi connectivity index (χ0n) is 17.2. The monoisotopic (exact) mass is 476 g/mol. The highest BCUT2D eigenvalue weighted by Gasteiger charge is 2.25. The van der Waals surface area contributed by atoms with Gasteiger partial charge in [0, 0.05) is 29.8 Å². The zero-order chi connectivity index (χ0) is 23.6. The number of halogens is 2. The molecule has 2 heterocycles. The molecule has 3 aromatic rings. The van der Waals surface area contributed by atoms with Crippen LogP contribution in [0.25, 0.3) is 11.1 Å². The number of rotatable bonds is 6. The molecule has 1 aromatic carbocycles. The topological polar surface area (TPSA) is 144 Å². The molecule has 12 heteroatoms. The smallest absolute Gasteiger partial charge is 0.177 e. The average molecular weight is 477 g/mol. The van der Waals surface area contributed by atoms with Crippen molar-refractivity contribution in [3.63, 3.8) is 0 Å². The van der Waals surface area contributed by atoms with Crippen LogP contribution in [0.5, 0.6) is 5.75 Å². The van der Waals surface area contributed by atoms with Crippen LogP contribution in [-0.4, -0.2) is 36.7 Å². The number of nitrogens with two attached hydrogens (primary N) is 1. The van der Waals surface area contributed by atoms with E-state index in [1.165, 1.54) is 38.0 Å². The Morgan fingerprint density at radius 1 is 1.31 bits per heavy atom. The lowest BCUT2D eigenvalue weighted by Crippen LogP contribution is -2.13. The van der Waals surface area contributed by atoms with E-state index in [1.54, 1.807) is 6.92 Å². The molecule has 0 aliphatic carbocycles. The number of aromatic nitrogens is 3. The fourth-order valence-electron chi connectivity index (χ4n) is 3.09. The molecule has 0 fully saturated rings. The summed E-state index contributed by atoms with van der Waals surface area (Å²) < 4.78 is 44.5. The minimum Gasteiger partial charge on any atom is -0.496 e. The highest BCUT2D eigenvalue weighted by Crippen LogP contribution is 2.42. The van der Waals surface area contributed by atoms with Gasteiger partial charge in [-0.2, -0.15) is 5.26 Å². The molecule has 1 unspecified atom stereocenters. The van der Waals surface area contributed by atoms with Crippen LogP contribution in [0, 0.1) is 17.1 Å². The van der Waals surface area contributed by atoms with Crippen molar-refractivity contribution in [2.24, 2.45) is 0 Å². The third-order valence-electron chi connectivity index (χ3n) is 4.64. The number of pyridine rings is 1. The van der Waals surface area contributed by atoms with Crippen LogP contribution < -0.4 is 15.8 Å². The van der Waals surface area contributed by atoms with Crippen molar-refractivity contribution >= 4 is 33.1 Å². The molecule has 0 saturated carbocycles. The summed E-state index contributed by atoms with van der Waals surface area (Å²) >= 11 is 6.16. The van der Waals surface area contributed by atoms with Crippen molar-refractivity contribution in [3.05, 3.63) is 52.8 Å². The van der Waals surface area contributed by atoms with E-state index in [0.29, 0.717) is 5.56 Å². The molecular formula is C20H18ClFN6O3S. The largest absolute Gasteiger partial charge is 0.496 e. The molecule has 9 nitrogen and oxygen atoms in total. The van der Waals surface area contributed by atoms with Crippen molar-refractivity contribution in [3.8, 4) is 22.9 Å². The fourth-order valence-corrected chi connectivity index (χ4v) is 3.89. The number of sulfone groups is 1. The van der Waals surface area contributed by atoms with Gasteiger partial charge in [-0.05, 0) is 19.1 Å². The van der Waals surface area contributed by atoms with E-state index in [4.69, 9.17) is 22.1 Å². The molecular weight excluding hydrogens is 459 g/mol. The van der Waals surface area contributed by atoms with E-state index in [2.05, 4.69) is 20.3 Å². The van der Waals surface area contributed by atoms with Crippen LogP contribution >= 0.6 is 11.6 Å². The number of benzene rings is 1. The molecule has 0 radical (unpaired) electrons. The van der Waals surface area contributed by atoms with Crippen LogP contribution in [-0.2, 0) is 9.84 Å². The van der Waals surface area contributed by atoms with Crippen LogP contribution in [0.15, 0.2) is 35.7 Å². The second kappa shape index (κ2) is 8.94. The Labute approximate surface area is 189 Å². The first kappa shape index (κ1) is 23.2. The maximum Gasteiger partial charge on any atom is 0.177 e. The molecule has 0 amide bonds. The molecule has 2 aromatic heterocycles. The van der Waals surface area contributed by atoms with Crippen LogP contribution in [0.4, 0.5) is 16.0 Å². The second-order valence-electron chi connectivity index (χ2n) is 6.81. The lowest BCUT2D eigenvalue weighted by atomic mass is 9.98. The molecule has 0 bridgehead atoms. The second-order valence-corrected chi connectivity index (χ2v) is 9.23. The number of hydrogen-bond acceptors (Lipinski definition) is 9. The SMILES string of the molecule is COc1c(C(C)Nc2ncnc(N)c2C#N)cc(Cl)c(F)c1-c1cncc(S(C)(=O)=O)c1. The normalized spacial score (nSPS) is 12.1. The van der Waals surface area contributed by atoms with Gasteiger partial charge in [-0.25, -0.2) is 22.8 Å². The predicted molar refractivity (Wildman–Crippen MR) is 117 cm³/mol. The first-order valence-corrected chi connectivity index (χ1v) is 11.3. The fraction of sp³-hybridized carbons (Fsp3) is 0.200. The van der Waals surface area contributed by atoms with Gasteiger partial charge in [0.15, 0.2) is 15.7 Å². The number of nitrogens with one attached hydrogen (secondary N) is 1. The molecule has 0 aliphatic rings. The Morgan fingerprint density at radius 2 is 2.03 bits per heavy atom. The lowest BCUT2D eigenvalue weighted by molar-refractivity contribution is 0.406. The summed E-state index contributed by atoms with van der Waals surface area (Å²) in [5.41, 5.74) is 6.33. The van der Waals surface area contributed by atoms with Crippen molar-refractivity contribution in [1.29, 1.82) is 5.26 Å². The number of nitrogen functional groups attached to an aromatic ring is 1. The molecule has 3 N–H and O–H groups in total. The summed E-state index contributed by atoms with van der Waals surface area (Å²) in [6, 6.07) is 4.03. The summed E-state index contributed by atoms with van der Waals surface area (Å²) in [7, 11) is -2.24. The van der Waals surface area contributed by atoms with Gasteiger partial charge in [-0.15, -0.1) is 0 Å². The third kappa shape index (κ3) is 4.42. The van der Waals surface area contributed by atoms with Gasteiger partial charge in [0.25, 0.3) is 0 Å². The maximum atomic E-state index is 15.1. The van der Waals surface area contributed by atoms with Gasteiger partial charge in [0.05, 0.1) is 28.6 Å². The summed E-state index contributed by atoms with van der Waals surface area (Å²) in [5.74, 6) is -0.501. The molecule has 0 spiro atoms. The average Bonchev–Trinajstić information content (AvgIpc) is 2.74. The van der Waals surface area contributed by atoms with Crippen molar-refractivity contribution in [2.75, 3.05) is 24.4 Å². The van der Waals surface area contributed by atoms with Crippen LogP contribution in [0.3, 0.4) is 0 Å². The Bertz CT molecular complexity index is 1340. The summed E-state index contributed by atoms with van der Waals surface area (Å²) in [6.07, 6.45) is 4.71. The van der Waals surface area contributed by atoms with Crippen LogP contribution in [0.1, 0.15) is 24.1 Å². The van der Waals surface area contributed by atoms with E-state index in [1.807, 2.05) is 6.07 Å². The quantitative estimate of drug-likeness (QED) is 0.546. The van der Waals surface area contributed by atoms with Gasteiger partial charge >= 0.3 is 0 Å². The predicted octanol–water partition coefficient (Wildman–Crippen LogP) is 3.37. The summed E-state index contributed by atoms with van der Waals surface area (Å²) in [5, 5.41) is 12.2. The van der Waals surface area contributed by atoms with Crippen molar-refractivity contribution < 1.29 is 17.5 Å². The highest BCUT2D eigenvalue weighted by molar-refractivity contribution is 7.90. The Hall–Kier alpha value is -3.49.